The summed E-state index contributed by atoms with van der Waals surface area (Å²) in [6.45, 7) is 0. The summed E-state index contributed by atoms with van der Waals surface area (Å²) in [5.74, 6) is -0.317. The van der Waals surface area contributed by atoms with Gasteiger partial charge in [-0.3, -0.25) is 14.6 Å². The van der Waals surface area contributed by atoms with Crippen LogP contribution in [0.4, 0.5) is 11.4 Å². The Morgan fingerprint density at radius 3 is 2.25 bits per heavy atom. The van der Waals surface area contributed by atoms with E-state index in [4.69, 9.17) is 0 Å². The molecule has 0 unspecified atom stereocenters. The third-order valence-electron chi connectivity index (χ3n) is 5.21. The molecule has 2 aromatic heterocycles. The Balaban J connectivity index is 1.57. The van der Waals surface area contributed by atoms with Crippen LogP contribution < -0.4 is 10.6 Å². The zero-order valence-electron chi connectivity index (χ0n) is 15.4. The second kappa shape index (κ2) is 7.94. The summed E-state index contributed by atoms with van der Waals surface area (Å²) in [5, 5.41) is 7.95. The lowest BCUT2D eigenvalue weighted by atomic mass is 9.83. The summed E-state index contributed by atoms with van der Waals surface area (Å²) < 4.78 is 0. The highest BCUT2D eigenvalue weighted by molar-refractivity contribution is 7.10. The molecule has 6 heteroatoms. The van der Waals surface area contributed by atoms with Gasteiger partial charge in [0.25, 0.3) is 5.91 Å². The van der Waals surface area contributed by atoms with E-state index in [1.807, 2.05) is 35.7 Å². The fourth-order valence-corrected chi connectivity index (χ4v) is 4.72. The van der Waals surface area contributed by atoms with Gasteiger partial charge in [-0.25, -0.2) is 0 Å². The van der Waals surface area contributed by atoms with Crippen LogP contribution >= 0.6 is 11.3 Å². The molecule has 0 saturated heterocycles. The Hall–Kier alpha value is -2.99. The second-order valence-corrected chi connectivity index (χ2v) is 7.88. The summed E-state index contributed by atoms with van der Waals surface area (Å²) in [5.41, 5.74) is 1.01. The Labute approximate surface area is 167 Å². The van der Waals surface area contributed by atoms with Gasteiger partial charge in [-0.2, -0.15) is 0 Å². The normalized spacial score (nSPS) is 15.1. The van der Waals surface area contributed by atoms with Crippen molar-refractivity contribution in [1.82, 2.24) is 4.98 Å². The summed E-state index contributed by atoms with van der Waals surface area (Å²) in [7, 11) is 0. The molecule has 0 radical (unpaired) electrons. The molecule has 0 bridgehead atoms. The lowest BCUT2D eigenvalue weighted by Gasteiger charge is -2.27. The fraction of sp³-hybridized carbons (Fsp3) is 0.227. The molecule has 0 spiro atoms. The van der Waals surface area contributed by atoms with Gasteiger partial charge in [0, 0.05) is 11.1 Å². The molecule has 1 saturated carbocycles. The molecular weight excluding hydrogens is 370 g/mol. The van der Waals surface area contributed by atoms with Gasteiger partial charge in [-0.15, -0.1) is 11.3 Å². The van der Waals surface area contributed by atoms with Crippen LogP contribution in [-0.2, 0) is 10.2 Å². The molecule has 1 aliphatic rings. The number of carbonyl (C=O) groups excluding carboxylic acids is 2. The average molecular weight is 391 g/mol. The van der Waals surface area contributed by atoms with Crippen LogP contribution in [0.1, 0.15) is 41.0 Å². The molecule has 3 aromatic rings. The number of para-hydroxylation sites is 2. The first kappa shape index (κ1) is 18.4. The molecular formula is C22H21N3O2S. The van der Waals surface area contributed by atoms with Crippen LogP contribution in [0.25, 0.3) is 0 Å². The van der Waals surface area contributed by atoms with E-state index in [0.717, 1.165) is 30.6 Å². The van der Waals surface area contributed by atoms with Gasteiger partial charge in [-0.1, -0.05) is 37.1 Å². The number of pyridine rings is 1. The van der Waals surface area contributed by atoms with Gasteiger partial charge in [0.1, 0.15) is 5.69 Å². The molecule has 5 nitrogen and oxygen atoms in total. The number of amides is 2. The van der Waals surface area contributed by atoms with Crippen molar-refractivity contribution in [2.24, 2.45) is 0 Å². The zero-order valence-corrected chi connectivity index (χ0v) is 16.2. The summed E-state index contributed by atoms with van der Waals surface area (Å²) >= 11 is 1.63. The van der Waals surface area contributed by atoms with E-state index in [0.29, 0.717) is 17.1 Å². The van der Waals surface area contributed by atoms with Crippen molar-refractivity contribution < 1.29 is 9.59 Å². The van der Waals surface area contributed by atoms with E-state index in [-0.39, 0.29) is 11.8 Å². The van der Waals surface area contributed by atoms with Crippen LogP contribution in [0.15, 0.2) is 66.2 Å². The molecule has 0 aliphatic heterocycles. The van der Waals surface area contributed by atoms with Crippen molar-refractivity contribution in [1.29, 1.82) is 0 Å². The number of hydrogen-bond acceptors (Lipinski definition) is 4. The summed E-state index contributed by atoms with van der Waals surface area (Å²) in [6.07, 6.45) is 5.36. The number of nitrogens with zero attached hydrogens (tertiary/aromatic N) is 1. The predicted molar refractivity (Wildman–Crippen MR) is 112 cm³/mol. The maximum atomic E-state index is 13.3. The topological polar surface area (TPSA) is 71.1 Å². The van der Waals surface area contributed by atoms with Crippen LogP contribution in [-0.4, -0.2) is 16.8 Å². The Bertz CT molecular complexity index is 964. The van der Waals surface area contributed by atoms with Crippen LogP contribution in [0, 0.1) is 0 Å². The number of aromatic nitrogens is 1. The minimum absolute atomic E-state index is 0.00742. The van der Waals surface area contributed by atoms with Crippen LogP contribution in [0.3, 0.4) is 0 Å². The van der Waals surface area contributed by atoms with Gasteiger partial charge in [-0.05, 0) is 48.6 Å². The van der Waals surface area contributed by atoms with Gasteiger partial charge in [0.15, 0.2) is 0 Å². The number of nitrogens with one attached hydrogen (secondary N) is 2. The highest BCUT2D eigenvalue weighted by atomic mass is 32.1. The molecule has 1 aromatic carbocycles. The smallest absolute Gasteiger partial charge is 0.274 e. The number of hydrogen-bond donors (Lipinski definition) is 2. The van der Waals surface area contributed by atoms with E-state index in [1.54, 1.807) is 41.8 Å². The Kier molecular flexibility index (Phi) is 5.21. The van der Waals surface area contributed by atoms with Crippen LogP contribution in [0.5, 0.6) is 0 Å². The van der Waals surface area contributed by atoms with Crippen molar-refractivity contribution in [2.45, 2.75) is 31.1 Å². The Morgan fingerprint density at radius 1 is 0.893 bits per heavy atom. The second-order valence-electron chi connectivity index (χ2n) is 6.94. The predicted octanol–water partition coefficient (Wildman–Crippen LogP) is 4.85. The van der Waals surface area contributed by atoms with Crippen LogP contribution in [0.2, 0.25) is 0 Å². The number of thiophene rings is 1. The molecule has 28 heavy (non-hydrogen) atoms. The van der Waals surface area contributed by atoms with E-state index in [1.165, 1.54) is 0 Å². The lowest BCUT2D eigenvalue weighted by Crippen LogP contribution is -2.37. The van der Waals surface area contributed by atoms with Crippen molar-refractivity contribution in [3.05, 3.63) is 76.7 Å². The quantitative estimate of drug-likeness (QED) is 0.653. The van der Waals surface area contributed by atoms with Gasteiger partial charge in [0.05, 0.1) is 16.8 Å². The SMILES string of the molecule is O=C(Nc1ccccc1NC(=O)C1(c2cccs2)CCCC1)c1ccccn1. The van der Waals surface area contributed by atoms with E-state index >= 15 is 0 Å². The molecule has 1 fully saturated rings. The first-order valence-electron chi connectivity index (χ1n) is 9.36. The Morgan fingerprint density at radius 2 is 1.61 bits per heavy atom. The minimum Gasteiger partial charge on any atom is -0.323 e. The van der Waals surface area contributed by atoms with Gasteiger partial charge in [0.2, 0.25) is 5.91 Å². The van der Waals surface area contributed by atoms with E-state index in [9.17, 15) is 9.59 Å². The maximum Gasteiger partial charge on any atom is 0.274 e. The molecule has 4 rings (SSSR count). The third kappa shape index (κ3) is 3.55. The van der Waals surface area contributed by atoms with E-state index < -0.39 is 5.41 Å². The molecule has 1 aliphatic carbocycles. The average Bonchev–Trinajstić information content (AvgIpc) is 3.42. The third-order valence-corrected chi connectivity index (χ3v) is 6.28. The first-order chi connectivity index (χ1) is 13.7. The number of anilines is 2. The number of benzene rings is 1. The molecule has 2 N–H and O–H groups in total. The molecule has 2 amide bonds. The number of carbonyl (C=O) groups is 2. The lowest BCUT2D eigenvalue weighted by molar-refractivity contribution is -0.121. The van der Waals surface area contributed by atoms with Crippen molar-refractivity contribution in [3.63, 3.8) is 0 Å². The molecule has 142 valence electrons. The standard InChI is InChI=1S/C22H21N3O2S/c26-20(18-10-3-6-14-23-18)24-16-8-1-2-9-17(16)25-21(27)22(12-4-5-13-22)19-11-7-15-28-19/h1-3,6-11,14-15H,4-5,12-13H2,(H,24,26)(H,25,27). The van der Waals surface area contributed by atoms with Crippen molar-refractivity contribution >= 4 is 34.5 Å². The number of rotatable bonds is 5. The highest BCUT2D eigenvalue weighted by Crippen LogP contribution is 2.44. The fourth-order valence-electron chi connectivity index (χ4n) is 3.74. The van der Waals surface area contributed by atoms with Crippen molar-refractivity contribution in [2.75, 3.05) is 10.6 Å². The van der Waals surface area contributed by atoms with Gasteiger partial charge < -0.3 is 10.6 Å². The molecule has 0 atom stereocenters. The molecule has 2 heterocycles. The van der Waals surface area contributed by atoms with Gasteiger partial charge >= 0.3 is 0 Å². The first-order valence-corrected chi connectivity index (χ1v) is 10.2. The minimum atomic E-state index is -0.480. The van der Waals surface area contributed by atoms with E-state index in [2.05, 4.69) is 15.6 Å². The summed E-state index contributed by atoms with van der Waals surface area (Å²) in [6, 6.07) is 16.5. The summed E-state index contributed by atoms with van der Waals surface area (Å²) in [4.78, 5) is 31.0. The largest absolute Gasteiger partial charge is 0.323 e. The van der Waals surface area contributed by atoms with Crippen molar-refractivity contribution in [3.8, 4) is 0 Å². The zero-order chi connectivity index (χ0) is 19.4. The monoisotopic (exact) mass is 391 g/mol. The highest BCUT2D eigenvalue weighted by Gasteiger charge is 2.43. The maximum absolute atomic E-state index is 13.3.